The Morgan fingerprint density at radius 2 is 1.52 bits per heavy atom. The van der Waals surface area contributed by atoms with Gasteiger partial charge >= 0.3 is 0 Å². The van der Waals surface area contributed by atoms with Gasteiger partial charge in [0.1, 0.15) is 12.6 Å². The number of hydrogen-bond donors (Lipinski definition) is 1. The molecule has 1 fully saturated rings. The SMILES string of the molecule is COc1ccc(S(=O)(=O)N(CC(=O)N(Cc2ccc(Cl)c(Cl)c2)[C@@H](Cc2ccccc2)C(=O)NC2CCCC2)c2ccc(C)cc2)cc1OC. The van der Waals surface area contributed by atoms with Gasteiger partial charge in [-0.25, -0.2) is 8.42 Å². The van der Waals surface area contributed by atoms with Crippen LogP contribution in [0.5, 0.6) is 11.5 Å². The first-order valence-electron chi connectivity index (χ1n) is 16.4. The van der Waals surface area contributed by atoms with Gasteiger partial charge in [-0.1, -0.05) is 90.1 Å². The lowest BCUT2D eigenvalue weighted by Crippen LogP contribution is -2.54. The van der Waals surface area contributed by atoms with Crippen molar-refractivity contribution in [1.29, 1.82) is 0 Å². The highest BCUT2D eigenvalue weighted by atomic mass is 35.5. The second-order valence-corrected chi connectivity index (χ2v) is 15.0. The molecular weight excluding hydrogens is 697 g/mol. The van der Waals surface area contributed by atoms with E-state index in [4.69, 9.17) is 32.7 Å². The van der Waals surface area contributed by atoms with Gasteiger partial charge < -0.3 is 19.7 Å². The van der Waals surface area contributed by atoms with Crippen LogP contribution in [0.4, 0.5) is 5.69 Å². The lowest BCUT2D eigenvalue weighted by molar-refractivity contribution is -0.140. The van der Waals surface area contributed by atoms with Crippen molar-refractivity contribution in [3.05, 3.63) is 118 Å². The number of anilines is 1. The number of amides is 2. The molecule has 4 aromatic carbocycles. The predicted octanol–water partition coefficient (Wildman–Crippen LogP) is 7.21. The van der Waals surface area contributed by atoms with Crippen LogP contribution >= 0.6 is 23.2 Å². The molecular formula is C38H41Cl2N3O6S. The summed E-state index contributed by atoms with van der Waals surface area (Å²) in [6.07, 6.45) is 3.95. The largest absolute Gasteiger partial charge is 0.493 e. The fraction of sp³-hybridized carbons (Fsp3) is 0.316. The number of carbonyl (C=O) groups is 2. The van der Waals surface area contributed by atoms with E-state index in [-0.39, 0.29) is 41.2 Å². The van der Waals surface area contributed by atoms with Gasteiger partial charge in [0, 0.05) is 25.1 Å². The molecule has 1 saturated carbocycles. The molecule has 0 bridgehead atoms. The van der Waals surface area contributed by atoms with Crippen molar-refractivity contribution in [2.75, 3.05) is 25.1 Å². The van der Waals surface area contributed by atoms with Crippen LogP contribution in [0.15, 0.2) is 95.9 Å². The van der Waals surface area contributed by atoms with Gasteiger partial charge in [-0.3, -0.25) is 13.9 Å². The summed E-state index contributed by atoms with van der Waals surface area (Å²) < 4.78 is 40.7. The molecule has 50 heavy (non-hydrogen) atoms. The molecule has 9 nitrogen and oxygen atoms in total. The maximum Gasteiger partial charge on any atom is 0.264 e. The van der Waals surface area contributed by atoms with Gasteiger partial charge in [-0.2, -0.15) is 0 Å². The predicted molar refractivity (Wildman–Crippen MR) is 197 cm³/mol. The Morgan fingerprint density at radius 3 is 2.16 bits per heavy atom. The first-order valence-corrected chi connectivity index (χ1v) is 18.6. The minimum absolute atomic E-state index is 0.00260. The highest BCUT2D eigenvalue weighted by Crippen LogP contribution is 2.33. The van der Waals surface area contributed by atoms with Crippen molar-refractivity contribution in [2.45, 2.75) is 62.6 Å². The first-order chi connectivity index (χ1) is 24.0. The zero-order valence-electron chi connectivity index (χ0n) is 28.3. The van der Waals surface area contributed by atoms with Crippen LogP contribution in [-0.2, 0) is 32.6 Å². The standard InChI is InChI=1S/C38H41Cl2N3O6S/c1-26-13-16-30(17-14-26)43(50(46,47)31-18-20-35(48-2)36(23-31)49-3)25-37(44)42(24-28-15-19-32(39)33(40)21-28)34(22-27-9-5-4-6-10-27)38(45)41-29-11-7-8-12-29/h4-6,9-10,13-21,23,29,34H,7-8,11-12,22,24-25H2,1-3H3,(H,41,45)/t34-/m0/s1. The number of nitrogens with zero attached hydrogens (tertiary/aromatic N) is 2. The van der Waals surface area contributed by atoms with Crippen LogP contribution in [0.3, 0.4) is 0 Å². The van der Waals surface area contributed by atoms with Crippen molar-refractivity contribution >= 4 is 50.7 Å². The zero-order valence-corrected chi connectivity index (χ0v) is 30.6. The van der Waals surface area contributed by atoms with Crippen molar-refractivity contribution < 1.29 is 27.5 Å². The van der Waals surface area contributed by atoms with Crippen molar-refractivity contribution in [1.82, 2.24) is 10.2 Å². The molecule has 0 spiro atoms. The maximum atomic E-state index is 14.8. The molecule has 0 unspecified atom stereocenters. The molecule has 0 aliphatic heterocycles. The summed E-state index contributed by atoms with van der Waals surface area (Å²) in [5.74, 6) is -0.312. The molecule has 1 aliphatic rings. The molecule has 12 heteroatoms. The maximum absolute atomic E-state index is 14.8. The fourth-order valence-corrected chi connectivity index (χ4v) is 7.85. The Morgan fingerprint density at radius 1 is 0.840 bits per heavy atom. The molecule has 1 N–H and O–H groups in total. The number of aryl methyl sites for hydroxylation is 1. The van der Waals surface area contributed by atoms with E-state index in [1.165, 1.54) is 37.3 Å². The summed E-state index contributed by atoms with van der Waals surface area (Å²) in [5.41, 5.74) is 2.67. The van der Waals surface area contributed by atoms with Crippen LogP contribution in [0.2, 0.25) is 10.0 Å². The van der Waals surface area contributed by atoms with Gasteiger partial charge in [0.15, 0.2) is 11.5 Å². The number of rotatable bonds is 14. The Balaban J connectivity index is 1.59. The van der Waals surface area contributed by atoms with Crippen LogP contribution in [-0.4, -0.2) is 58.0 Å². The van der Waals surface area contributed by atoms with E-state index in [2.05, 4.69) is 5.32 Å². The average molecular weight is 739 g/mol. The summed E-state index contributed by atoms with van der Waals surface area (Å²) in [4.78, 5) is 30.3. The summed E-state index contributed by atoms with van der Waals surface area (Å²) in [6, 6.07) is 24.6. The quantitative estimate of drug-likeness (QED) is 0.147. The molecule has 264 valence electrons. The van der Waals surface area contributed by atoms with E-state index in [1.54, 1.807) is 42.5 Å². The van der Waals surface area contributed by atoms with Crippen LogP contribution in [0.25, 0.3) is 0 Å². The number of ether oxygens (including phenoxy) is 2. The number of hydrogen-bond acceptors (Lipinski definition) is 6. The topological polar surface area (TPSA) is 105 Å². The number of benzene rings is 4. The van der Waals surface area contributed by atoms with E-state index < -0.39 is 28.5 Å². The summed E-state index contributed by atoms with van der Waals surface area (Å²) in [7, 11) is -1.48. The van der Waals surface area contributed by atoms with Crippen molar-refractivity contribution in [2.24, 2.45) is 0 Å². The van der Waals surface area contributed by atoms with E-state index >= 15 is 0 Å². The second-order valence-electron chi connectivity index (χ2n) is 12.3. The van der Waals surface area contributed by atoms with Gasteiger partial charge in [-0.05, 0) is 67.3 Å². The number of carbonyl (C=O) groups excluding carboxylic acids is 2. The molecule has 0 aromatic heterocycles. The van der Waals surface area contributed by atoms with Crippen LogP contribution in [0, 0.1) is 6.92 Å². The van der Waals surface area contributed by atoms with Crippen LogP contribution in [0.1, 0.15) is 42.4 Å². The van der Waals surface area contributed by atoms with Gasteiger partial charge in [-0.15, -0.1) is 0 Å². The van der Waals surface area contributed by atoms with Crippen molar-refractivity contribution in [3.63, 3.8) is 0 Å². The minimum atomic E-state index is -4.35. The smallest absolute Gasteiger partial charge is 0.264 e. The molecule has 1 atom stereocenters. The number of nitrogens with one attached hydrogen (secondary N) is 1. The molecule has 0 radical (unpaired) electrons. The Hall–Kier alpha value is -4.25. The van der Waals surface area contributed by atoms with E-state index in [0.717, 1.165) is 41.1 Å². The molecule has 2 amide bonds. The molecule has 4 aromatic rings. The first kappa shape index (κ1) is 37.0. The normalized spacial score (nSPS) is 13.8. The van der Waals surface area contributed by atoms with Gasteiger partial charge in [0.05, 0.1) is 34.8 Å². The molecule has 1 aliphatic carbocycles. The number of methoxy groups -OCH3 is 2. The third-order valence-electron chi connectivity index (χ3n) is 8.85. The lowest BCUT2D eigenvalue weighted by atomic mass is 10.0. The fourth-order valence-electron chi connectivity index (χ4n) is 6.10. The van der Waals surface area contributed by atoms with Crippen LogP contribution < -0.4 is 19.1 Å². The molecule has 0 saturated heterocycles. The Labute approximate surface area is 304 Å². The lowest BCUT2D eigenvalue weighted by Gasteiger charge is -2.34. The van der Waals surface area contributed by atoms with Crippen molar-refractivity contribution in [3.8, 4) is 11.5 Å². The van der Waals surface area contributed by atoms with Gasteiger partial charge in [0.2, 0.25) is 11.8 Å². The third-order valence-corrected chi connectivity index (χ3v) is 11.4. The second kappa shape index (κ2) is 16.6. The molecule has 0 heterocycles. The highest BCUT2D eigenvalue weighted by Gasteiger charge is 2.36. The summed E-state index contributed by atoms with van der Waals surface area (Å²) in [6.45, 7) is 1.27. The summed E-state index contributed by atoms with van der Waals surface area (Å²) in [5, 5.41) is 3.82. The number of halogens is 2. The number of sulfonamides is 1. The van der Waals surface area contributed by atoms with E-state index in [0.29, 0.717) is 21.4 Å². The zero-order chi connectivity index (χ0) is 35.8. The summed E-state index contributed by atoms with van der Waals surface area (Å²) >= 11 is 12.6. The van der Waals surface area contributed by atoms with E-state index in [9.17, 15) is 18.0 Å². The highest BCUT2D eigenvalue weighted by molar-refractivity contribution is 7.92. The molecule has 5 rings (SSSR count). The Bertz CT molecular complexity index is 1900. The average Bonchev–Trinajstić information content (AvgIpc) is 3.63. The minimum Gasteiger partial charge on any atom is -0.493 e. The Kier molecular flexibility index (Phi) is 12.3. The van der Waals surface area contributed by atoms with E-state index in [1.807, 2.05) is 37.3 Å². The van der Waals surface area contributed by atoms with Gasteiger partial charge in [0.25, 0.3) is 10.0 Å². The third kappa shape index (κ3) is 8.91. The monoisotopic (exact) mass is 737 g/mol.